The van der Waals surface area contributed by atoms with Gasteiger partial charge in [-0.2, -0.15) is 4.98 Å². The zero-order valence-electron chi connectivity index (χ0n) is 16.3. The summed E-state index contributed by atoms with van der Waals surface area (Å²) < 4.78 is 52.6. The molecule has 0 aliphatic carbocycles. The third kappa shape index (κ3) is 4.99. The quantitative estimate of drug-likeness (QED) is 0.605. The molecule has 0 bridgehead atoms. The molecule has 158 valence electrons. The molecule has 0 aliphatic heterocycles. The number of nitrogens with zero attached hydrogens (tertiary/aromatic N) is 4. The molecule has 1 N–H and O–H groups in total. The first-order valence-corrected chi connectivity index (χ1v) is 8.57. The number of nitrogens with one attached hydrogen (secondary N) is 1. The third-order valence-corrected chi connectivity index (χ3v) is 3.95. The third-order valence-electron chi connectivity index (χ3n) is 3.95. The van der Waals surface area contributed by atoms with Crippen molar-refractivity contribution < 1.29 is 27.4 Å². The lowest BCUT2D eigenvalue weighted by molar-refractivity contribution is -0.274. The van der Waals surface area contributed by atoms with Crippen LogP contribution in [0.3, 0.4) is 0 Å². The zero-order valence-corrected chi connectivity index (χ0v) is 16.3. The van der Waals surface area contributed by atoms with E-state index in [4.69, 9.17) is 9.47 Å². The Kier molecular flexibility index (Phi) is 6.09. The minimum absolute atomic E-state index is 0.117. The maximum atomic E-state index is 12.7. The van der Waals surface area contributed by atoms with Crippen molar-refractivity contribution in [2.75, 3.05) is 31.5 Å². The van der Waals surface area contributed by atoms with Crippen molar-refractivity contribution in [2.24, 2.45) is 0 Å². The van der Waals surface area contributed by atoms with Crippen molar-refractivity contribution in [2.45, 2.75) is 6.36 Å². The Bertz CT molecular complexity index is 1020. The van der Waals surface area contributed by atoms with E-state index in [9.17, 15) is 13.2 Å². The van der Waals surface area contributed by atoms with Gasteiger partial charge in [-0.3, -0.25) is 0 Å². The van der Waals surface area contributed by atoms with Crippen molar-refractivity contribution in [3.05, 3.63) is 48.8 Å². The predicted octanol–water partition coefficient (Wildman–Crippen LogP) is 4.30. The standard InChI is InChI=1S/C19H18F3N5O3/c1-27(13-6-4-5-7-14(13)30-19(20,21)22)18-24-11-23-17(26-18)25-12-8-9-15(28-2)16(10-12)29-3/h4-11H,1-3H3,(H,23,24,25,26). The predicted molar refractivity (Wildman–Crippen MR) is 104 cm³/mol. The van der Waals surface area contributed by atoms with Crippen LogP contribution in [0.15, 0.2) is 48.8 Å². The van der Waals surface area contributed by atoms with Crippen molar-refractivity contribution in [3.8, 4) is 17.2 Å². The van der Waals surface area contributed by atoms with Crippen molar-refractivity contribution in [1.29, 1.82) is 0 Å². The maximum Gasteiger partial charge on any atom is 0.573 e. The molecule has 3 aromatic rings. The van der Waals surface area contributed by atoms with Gasteiger partial charge in [0, 0.05) is 18.8 Å². The molecule has 30 heavy (non-hydrogen) atoms. The normalized spacial score (nSPS) is 11.0. The first kappa shape index (κ1) is 21.0. The molecule has 3 rings (SSSR count). The van der Waals surface area contributed by atoms with Gasteiger partial charge in [-0.25, -0.2) is 9.97 Å². The number of hydrogen-bond donors (Lipinski definition) is 1. The molecule has 0 spiro atoms. The Morgan fingerprint density at radius 3 is 2.37 bits per heavy atom. The molecule has 0 unspecified atom stereocenters. The summed E-state index contributed by atoms with van der Waals surface area (Å²) in [7, 11) is 4.56. The number of hydrogen-bond acceptors (Lipinski definition) is 8. The van der Waals surface area contributed by atoms with E-state index in [1.807, 2.05) is 0 Å². The minimum atomic E-state index is -4.82. The SMILES string of the molecule is COc1ccc(Nc2ncnc(N(C)c3ccccc3OC(F)(F)F)n2)cc1OC. The highest BCUT2D eigenvalue weighted by atomic mass is 19.4. The summed E-state index contributed by atoms with van der Waals surface area (Å²) in [5.41, 5.74) is 0.756. The number of rotatable bonds is 7. The Morgan fingerprint density at radius 1 is 0.933 bits per heavy atom. The summed E-state index contributed by atoms with van der Waals surface area (Å²) in [6, 6.07) is 10.8. The summed E-state index contributed by atoms with van der Waals surface area (Å²) in [6.07, 6.45) is -3.58. The molecule has 2 aromatic carbocycles. The topological polar surface area (TPSA) is 81.6 Å². The van der Waals surface area contributed by atoms with Gasteiger partial charge >= 0.3 is 6.36 Å². The zero-order chi connectivity index (χ0) is 21.7. The number of alkyl halides is 3. The summed E-state index contributed by atoms with van der Waals surface area (Å²) in [5.74, 6) is 0.995. The van der Waals surface area contributed by atoms with Crippen LogP contribution in [-0.4, -0.2) is 42.6 Å². The van der Waals surface area contributed by atoms with E-state index in [0.29, 0.717) is 17.2 Å². The summed E-state index contributed by atoms with van der Waals surface area (Å²) in [5, 5.41) is 2.99. The number of halogens is 3. The highest BCUT2D eigenvalue weighted by Gasteiger charge is 2.32. The number of para-hydroxylation sites is 2. The monoisotopic (exact) mass is 421 g/mol. The smallest absolute Gasteiger partial charge is 0.493 e. The lowest BCUT2D eigenvalue weighted by Crippen LogP contribution is -2.20. The van der Waals surface area contributed by atoms with Gasteiger partial charge in [0.25, 0.3) is 0 Å². The minimum Gasteiger partial charge on any atom is -0.493 e. The second kappa shape index (κ2) is 8.72. The van der Waals surface area contributed by atoms with Crippen LogP contribution in [0.25, 0.3) is 0 Å². The number of aromatic nitrogens is 3. The number of ether oxygens (including phenoxy) is 3. The molecule has 11 heteroatoms. The first-order chi connectivity index (χ1) is 14.3. The van der Waals surface area contributed by atoms with E-state index in [2.05, 4.69) is 25.0 Å². The molecule has 1 aromatic heterocycles. The van der Waals surface area contributed by atoms with Gasteiger partial charge in [-0.15, -0.1) is 13.2 Å². The molecular formula is C19H18F3N5O3. The van der Waals surface area contributed by atoms with Gasteiger partial charge < -0.3 is 24.4 Å². The average Bonchev–Trinajstić information content (AvgIpc) is 2.72. The number of anilines is 4. The largest absolute Gasteiger partial charge is 0.573 e. The van der Waals surface area contributed by atoms with Crippen LogP contribution in [0.4, 0.5) is 36.4 Å². The van der Waals surface area contributed by atoms with Crippen LogP contribution < -0.4 is 24.4 Å². The molecule has 0 amide bonds. The molecule has 0 saturated heterocycles. The van der Waals surface area contributed by atoms with Crippen LogP contribution in [0.1, 0.15) is 0 Å². The van der Waals surface area contributed by atoms with E-state index in [1.54, 1.807) is 24.3 Å². The van der Waals surface area contributed by atoms with E-state index < -0.39 is 6.36 Å². The van der Waals surface area contributed by atoms with Crippen LogP contribution in [0.5, 0.6) is 17.2 Å². The Labute approximate surface area is 170 Å². The Morgan fingerprint density at radius 2 is 1.67 bits per heavy atom. The second-order valence-corrected chi connectivity index (χ2v) is 5.88. The van der Waals surface area contributed by atoms with Gasteiger partial charge in [-0.1, -0.05) is 12.1 Å². The van der Waals surface area contributed by atoms with Gasteiger partial charge in [-0.05, 0) is 24.3 Å². The molecule has 0 fully saturated rings. The van der Waals surface area contributed by atoms with Crippen molar-refractivity contribution in [1.82, 2.24) is 15.0 Å². The van der Waals surface area contributed by atoms with Crippen LogP contribution in [-0.2, 0) is 0 Å². The van der Waals surface area contributed by atoms with Gasteiger partial charge in [0.05, 0.1) is 19.9 Å². The van der Waals surface area contributed by atoms with Gasteiger partial charge in [0.1, 0.15) is 6.33 Å². The highest BCUT2D eigenvalue weighted by molar-refractivity contribution is 5.66. The lowest BCUT2D eigenvalue weighted by Gasteiger charge is -2.21. The van der Waals surface area contributed by atoms with Gasteiger partial charge in [0.2, 0.25) is 11.9 Å². The first-order valence-electron chi connectivity index (χ1n) is 8.57. The van der Waals surface area contributed by atoms with E-state index in [-0.39, 0.29) is 23.3 Å². The molecule has 0 saturated carbocycles. The average molecular weight is 421 g/mol. The van der Waals surface area contributed by atoms with Crippen molar-refractivity contribution in [3.63, 3.8) is 0 Å². The molecule has 0 radical (unpaired) electrons. The Hall–Kier alpha value is -3.76. The Balaban J connectivity index is 1.86. The highest BCUT2D eigenvalue weighted by Crippen LogP contribution is 2.35. The summed E-state index contributed by atoms with van der Waals surface area (Å²) >= 11 is 0. The number of benzene rings is 2. The molecule has 8 nitrogen and oxygen atoms in total. The molecule has 0 aliphatic rings. The fourth-order valence-electron chi connectivity index (χ4n) is 2.61. The molecule has 1 heterocycles. The fraction of sp³-hybridized carbons (Fsp3) is 0.211. The summed E-state index contributed by atoms with van der Waals surface area (Å²) in [6.45, 7) is 0. The number of methoxy groups -OCH3 is 2. The van der Waals surface area contributed by atoms with Crippen LogP contribution in [0, 0.1) is 0 Å². The summed E-state index contributed by atoms with van der Waals surface area (Å²) in [4.78, 5) is 13.7. The van der Waals surface area contributed by atoms with Crippen LogP contribution in [0.2, 0.25) is 0 Å². The van der Waals surface area contributed by atoms with Crippen LogP contribution >= 0.6 is 0 Å². The fourth-order valence-corrected chi connectivity index (χ4v) is 2.61. The van der Waals surface area contributed by atoms with E-state index in [1.165, 1.54) is 50.7 Å². The maximum absolute atomic E-state index is 12.7. The van der Waals surface area contributed by atoms with Crippen molar-refractivity contribution >= 4 is 23.3 Å². The molecule has 0 atom stereocenters. The molecular weight excluding hydrogens is 403 g/mol. The van der Waals surface area contributed by atoms with E-state index >= 15 is 0 Å². The second-order valence-electron chi connectivity index (χ2n) is 5.88. The van der Waals surface area contributed by atoms with Gasteiger partial charge in [0.15, 0.2) is 17.2 Å². The lowest BCUT2D eigenvalue weighted by atomic mass is 10.2. The van der Waals surface area contributed by atoms with E-state index in [0.717, 1.165) is 0 Å².